The van der Waals surface area contributed by atoms with E-state index in [1.54, 1.807) is 36.4 Å². The number of carbonyl (C=O) groups is 2. The summed E-state index contributed by atoms with van der Waals surface area (Å²) in [5.41, 5.74) is 5.89. The number of ketones is 2. The van der Waals surface area contributed by atoms with Gasteiger partial charge in [-0.05, 0) is 125 Å². The Labute approximate surface area is 400 Å². The average Bonchev–Trinajstić information content (AvgIpc) is 3.83. The molecule has 2 aliphatic carbocycles. The number of benzene rings is 8. The third-order valence-electron chi connectivity index (χ3n) is 13.3. The number of Topliss-reactive ketones (excluding diaryl/α,β-unsaturated/α-hetero) is 2. The molecule has 352 valence electrons. The van der Waals surface area contributed by atoms with Gasteiger partial charge in [-0.15, -0.1) is 0 Å². The average molecular weight is 939 g/mol. The van der Waals surface area contributed by atoms with E-state index in [0.717, 1.165) is 11.1 Å². The first kappa shape index (κ1) is 46.0. The van der Waals surface area contributed by atoms with Crippen molar-refractivity contribution in [3.63, 3.8) is 0 Å². The molecule has 0 aliphatic heterocycles. The third kappa shape index (κ3) is 8.67. The van der Waals surface area contributed by atoms with Gasteiger partial charge in [-0.25, -0.2) is 0 Å². The lowest BCUT2D eigenvalue weighted by Gasteiger charge is -2.26. The summed E-state index contributed by atoms with van der Waals surface area (Å²) in [4.78, 5) is 27.9. The van der Waals surface area contributed by atoms with Crippen LogP contribution in [0.25, 0.3) is 0 Å². The molecule has 0 amide bonds. The van der Waals surface area contributed by atoms with Crippen LogP contribution < -0.4 is 0 Å². The molecule has 0 spiro atoms. The van der Waals surface area contributed by atoms with Crippen molar-refractivity contribution in [2.45, 2.75) is 42.4 Å². The van der Waals surface area contributed by atoms with Crippen molar-refractivity contribution in [2.75, 3.05) is 0 Å². The Kier molecular flexibility index (Phi) is 12.0. The van der Waals surface area contributed by atoms with Crippen molar-refractivity contribution >= 4 is 11.6 Å². The summed E-state index contributed by atoms with van der Waals surface area (Å²) in [6.45, 7) is 1.92. The molecule has 0 saturated heterocycles. The maximum Gasteiger partial charge on any atom is 0.170 e. The number of fused-ring (bicyclic) bond motifs is 2. The summed E-state index contributed by atoms with van der Waals surface area (Å²) in [6, 6.07) is 39.5. The molecule has 0 aromatic heterocycles. The van der Waals surface area contributed by atoms with Crippen LogP contribution in [0.5, 0.6) is 63.2 Å². The monoisotopic (exact) mass is 938 g/mol. The van der Waals surface area contributed by atoms with E-state index in [4.69, 9.17) is 0 Å². The molecule has 8 aromatic rings. The number of hydrogen-bond acceptors (Lipinski definition) is 13. The lowest BCUT2D eigenvalue weighted by atomic mass is 9.75. The summed E-state index contributed by atoms with van der Waals surface area (Å²) < 4.78 is 0. The van der Waals surface area contributed by atoms with E-state index in [-0.39, 0.29) is 74.8 Å². The normalized spacial score (nSPS) is 18.8. The van der Waals surface area contributed by atoms with Gasteiger partial charge in [-0.1, -0.05) is 54.1 Å². The molecule has 13 heteroatoms. The Bertz CT molecular complexity index is 3250. The molecule has 0 heterocycles. The molecule has 11 N–H and O–H groups in total. The summed E-state index contributed by atoms with van der Waals surface area (Å²) in [5.74, 6) is -6.06. The zero-order chi connectivity index (χ0) is 49.7. The van der Waals surface area contributed by atoms with Crippen LogP contribution in [0, 0.1) is 6.92 Å². The molecule has 70 heavy (non-hydrogen) atoms. The van der Waals surface area contributed by atoms with E-state index in [1.807, 2.05) is 19.1 Å². The molecule has 2 aliphatic rings. The van der Waals surface area contributed by atoms with E-state index in [9.17, 15) is 65.8 Å². The van der Waals surface area contributed by atoms with Crippen LogP contribution in [0.3, 0.4) is 0 Å². The maximum absolute atomic E-state index is 14.0. The fraction of sp³-hybridized carbons (Fsp3) is 0.123. The minimum Gasteiger partial charge on any atom is -0.508 e. The number of aromatic hydroxyl groups is 11. The van der Waals surface area contributed by atoms with Gasteiger partial charge >= 0.3 is 0 Å². The largest absolute Gasteiger partial charge is 0.508 e. The molecular formula is C57H46O13. The number of phenolic OH excluding ortho intramolecular Hbond substituents is 11. The molecule has 0 saturated carbocycles. The first-order valence-electron chi connectivity index (χ1n) is 22.1. The second-order valence-corrected chi connectivity index (χ2v) is 17.8. The zero-order valence-corrected chi connectivity index (χ0v) is 37.2. The van der Waals surface area contributed by atoms with Crippen LogP contribution in [0.15, 0.2) is 158 Å². The maximum atomic E-state index is 14.0. The summed E-state index contributed by atoms with van der Waals surface area (Å²) in [7, 11) is 0. The summed E-state index contributed by atoms with van der Waals surface area (Å²) in [5, 5.41) is 113. The van der Waals surface area contributed by atoms with Crippen molar-refractivity contribution in [1.29, 1.82) is 0 Å². The van der Waals surface area contributed by atoms with Gasteiger partial charge in [-0.3, -0.25) is 9.59 Å². The minimum absolute atomic E-state index is 0.00635. The number of phenols is 11. The zero-order valence-electron chi connectivity index (χ0n) is 37.2. The smallest absolute Gasteiger partial charge is 0.170 e. The number of hydrogen-bond donors (Lipinski definition) is 11. The fourth-order valence-electron chi connectivity index (χ4n) is 10.4. The van der Waals surface area contributed by atoms with Gasteiger partial charge in [-0.2, -0.15) is 0 Å². The first-order chi connectivity index (χ1) is 33.4. The number of aryl methyl sites for hydroxylation is 1. The molecule has 10 rings (SSSR count). The predicted octanol–water partition coefficient (Wildman–Crippen LogP) is 10.2. The topological polar surface area (TPSA) is 257 Å². The molecule has 6 atom stereocenters. The molecule has 0 bridgehead atoms. The number of carbonyl (C=O) groups excluding carboxylic acids is 2. The van der Waals surface area contributed by atoms with Crippen molar-refractivity contribution in [2.24, 2.45) is 0 Å². The second kappa shape index (κ2) is 18.2. The van der Waals surface area contributed by atoms with E-state index >= 15 is 0 Å². The van der Waals surface area contributed by atoms with Crippen LogP contribution in [-0.2, 0) is 0 Å². The second-order valence-electron chi connectivity index (χ2n) is 17.8. The highest BCUT2D eigenvalue weighted by Gasteiger charge is 2.49. The molecular weight excluding hydrogens is 893 g/mol. The van der Waals surface area contributed by atoms with Crippen LogP contribution >= 0.6 is 0 Å². The highest BCUT2D eigenvalue weighted by atomic mass is 16.3. The Morgan fingerprint density at radius 3 is 1.09 bits per heavy atom. The summed E-state index contributed by atoms with van der Waals surface area (Å²) >= 11 is 0. The Morgan fingerprint density at radius 2 is 0.657 bits per heavy atom. The lowest BCUT2D eigenvalue weighted by molar-refractivity contribution is 0.0941. The molecule has 0 fully saturated rings. The van der Waals surface area contributed by atoms with Crippen LogP contribution in [0.1, 0.15) is 106 Å². The molecule has 0 unspecified atom stereocenters. The van der Waals surface area contributed by atoms with Gasteiger partial charge in [0.2, 0.25) is 0 Å². The van der Waals surface area contributed by atoms with Crippen LogP contribution in [-0.4, -0.2) is 67.7 Å². The lowest BCUT2D eigenvalue weighted by Crippen LogP contribution is -2.20. The van der Waals surface area contributed by atoms with Crippen LogP contribution in [0.4, 0.5) is 0 Å². The van der Waals surface area contributed by atoms with E-state index in [2.05, 4.69) is 0 Å². The summed E-state index contributed by atoms with van der Waals surface area (Å²) in [6.07, 6.45) is 0. The first-order valence-corrected chi connectivity index (χ1v) is 22.1. The predicted molar refractivity (Wildman–Crippen MR) is 258 cm³/mol. The van der Waals surface area contributed by atoms with Crippen molar-refractivity contribution in [3.8, 4) is 63.2 Å². The highest BCUT2D eigenvalue weighted by molar-refractivity contribution is 6.04. The van der Waals surface area contributed by atoms with E-state index in [1.165, 1.54) is 109 Å². The highest BCUT2D eigenvalue weighted by Crippen LogP contribution is 2.61. The minimum atomic E-state index is -0.869. The van der Waals surface area contributed by atoms with E-state index in [0.29, 0.717) is 50.1 Å². The third-order valence-corrected chi connectivity index (χ3v) is 13.3. The van der Waals surface area contributed by atoms with Crippen molar-refractivity contribution in [1.82, 2.24) is 0 Å². The Hall–Kier alpha value is -9.10. The van der Waals surface area contributed by atoms with Gasteiger partial charge < -0.3 is 56.2 Å². The molecule has 8 aromatic carbocycles. The number of rotatable bonds is 8. The van der Waals surface area contributed by atoms with Gasteiger partial charge in [0.15, 0.2) is 11.6 Å². The van der Waals surface area contributed by atoms with Crippen LogP contribution in [0.2, 0.25) is 0 Å². The molecule has 13 nitrogen and oxygen atoms in total. The Balaban J connectivity index is 0.000000174. The van der Waals surface area contributed by atoms with Crippen molar-refractivity contribution in [3.05, 3.63) is 219 Å². The standard InChI is InChI=1S/C29H24O6.C28H22O7/c1-15-2-4-17(5-3-15)29(35)28-23-13-22(33)14-24(34)27(23)25(16-6-8-19(30)9-7-16)26(28)18-10-20(31)12-21(32)11-18;29-17-5-1-14(2-6-17)24-25(16-9-19(31)11-20(32)10-16)26-22(12-21(33)13-23(26)34)27(24)28(35)15-3-7-18(30)8-4-15/h2-14,25-26,28,30-34H,1H3;1-13,24-25,27,29-34H/t25-,26+,28-;24-,25+,27+/m01/s1. The molecule has 0 radical (unpaired) electrons. The van der Waals surface area contributed by atoms with Crippen molar-refractivity contribution < 1.29 is 65.8 Å². The van der Waals surface area contributed by atoms with Gasteiger partial charge in [0.25, 0.3) is 0 Å². The van der Waals surface area contributed by atoms with Gasteiger partial charge in [0.05, 0.1) is 11.8 Å². The SMILES string of the molecule is Cc1ccc(C(=O)[C@H]2c3cc(O)cc(O)c3[C@@H](c3ccc(O)cc3)[C@H]2c2cc(O)cc(O)c2)cc1.O=C(c1ccc(O)cc1)[C@H]1c2cc(O)cc(O)c2[C@@H](c2cc(O)cc(O)c2)[C@H]1c1ccc(O)cc1. The van der Waals surface area contributed by atoms with Gasteiger partial charge in [0.1, 0.15) is 63.2 Å². The fourth-order valence-corrected chi connectivity index (χ4v) is 10.4. The Morgan fingerprint density at radius 1 is 0.329 bits per heavy atom. The van der Waals surface area contributed by atoms with Gasteiger partial charge in [0, 0.05) is 70.2 Å². The van der Waals surface area contributed by atoms with E-state index < -0.39 is 35.5 Å². The quantitative estimate of drug-likeness (QED) is 0.0635.